The van der Waals surface area contributed by atoms with Gasteiger partial charge in [0, 0.05) is 13.1 Å². The lowest BCUT2D eigenvalue weighted by atomic mass is 10.1. The Balaban J connectivity index is 2.51. The van der Waals surface area contributed by atoms with Crippen LogP contribution in [0.1, 0.15) is 22.3 Å². The second-order valence-corrected chi connectivity index (χ2v) is 4.29. The van der Waals surface area contributed by atoms with Crippen molar-refractivity contribution in [1.82, 2.24) is 4.90 Å². The fraction of sp³-hybridized carbons (Fsp3) is 0.462. The summed E-state index contributed by atoms with van der Waals surface area (Å²) in [5.41, 5.74) is 1.27. The number of methoxy groups -OCH3 is 1. The van der Waals surface area contributed by atoms with Gasteiger partial charge in [-0.1, -0.05) is 12.1 Å². The van der Waals surface area contributed by atoms with Gasteiger partial charge in [0.25, 0.3) is 0 Å². The Hall–Kier alpha value is -1.56. The van der Waals surface area contributed by atoms with E-state index in [0.717, 1.165) is 5.56 Å². The first-order valence-electron chi connectivity index (χ1n) is 5.74. The van der Waals surface area contributed by atoms with Crippen molar-refractivity contribution in [3.8, 4) is 0 Å². The van der Waals surface area contributed by atoms with Gasteiger partial charge in [-0.15, -0.1) is 0 Å². The van der Waals surface area contributed by atoms with Crippen molar-refractivity contribution < 1.29 is 22.7 Å². The Bertz CT molecular complexity index is 415. The molecule has 0 aliphatic carbocycles. The quantitative estimate of drug-likeness (QED) is 0.774. The summed E-state index contributed by atoms with van der Waals surface area (Å²) in [6.07, 6.45) is -4.97. The highest BCUT2D eigenvalue weighted by Crippen LogP contribution is 2.20. The molecule has 0 saturated heterocycles. The van der Waals surface area contributed by atoms with E-state index in [0.29, 0.717) is 12.1 Å². The molecule has 0 spiro atoms. The van der Waals surface area contributed by atoms with E-state index in [-0.39, 0.29) is 6.54 Å². The Kier molecular flexibility index (Phi) is 5.35. The summed E-state index contributed by atoms with van der Waals surface area (Å²) in [5.74, 6) is -0.433. The molecule has 0 aliphatic rings. The minimum atomic E-state index is -4.14. The van der Waals surface area contributed by atoms with Gasteiger partial charge in [-0.05, 0) is 24.7 Å². The van der Waals surface area contributed by atoms with E-state index in [4.69, 9.17) is 0 Å². The molecular formula is C13H16F3NO2. The van der Waals surface area contributed by atoms with Crippen LogP contribution >= 0.6 is 0 Å². The fourth-order valence-corrected chi connectivity index (χ4v) is 1.57. The van der Waals surface area contributed by atoms with E-state index in [9.17, 15) is 18.0 Å². The summed E-state index contributed by atoms with van der Waals surface area (Å²) >= 11 is 0. The summed E-state index contributed by atoms with van der Waals surface area (Å²) in [4.78, 5) is 12.8. The molecule has 0 atom stereocenters. The Morgan fingerprint density at radius 3 is 2.32 bits per heavy atom. The molecule has 0 fully saturated rings. The number of hydrogen-bond donors (Lipinski definition) is 0. The van der Waals surface area contributed by atoms with Crippen LogP contribution in [0, 0.1) is 0 Å². The van der Waals surface area contributed by atoms with Crippen molar-refractivity contribution in [2.45, 2.75) is 19.1 Å². The van der Waals surface area contributed by atoms with Gasteiger partial charge in [-0.2, -0.15) is 13.2 Å². The third-order valence-corrected chi connectivity index (χ3v) is 2.60. The number of rotatable bonds is 5. The topological polar surface area (TPSA) is 29.5 Å². The second-order valence-electron chi connectivity index (χ2n) is 4.29. The molecule has 1 aromatic rings. The molecule has 19 heavy (non-hydrogen) atoms. The highest BCUT2D eigenvalue weighted by molar-refractivity contribution is 5.89. The number of nitrogens with zero attached hydrogens (tertiary/aromatic N) is 1. The molecule has 0 radical (unpaired) electrons. The van der Waals surface area contributed by atoms with Crippen LogP contribution < -0.4 is 0 Å². The first-order valence-corrected chi connectivity index (χ1v) is 5.74. The van der Waals surface area contributed by atoms with Gasteiger partial charge in [0.2, 0.25) is 0 Å². The van der Waals surface area contributed by atoms with Gasteiger partial charge < -0.3 is 9.64 Å². The van der Waals surface area contributed by atoms with Crippen molar-refractivity contribution in [2.75, 3.05) is 20.7 Å². The van der Waals surface area contributed by atoms with Crippen LogP contribution in [0.3, 0.4) is 0 Å². The molecule has 0 unspecified atom stereocenters. The molecule has 0 saturated carbocycles. The van der Waals surface area contributed by atoms with E-state index in [2.05, 4.69) is 4.74 Å². The van der Waals surface area contributed by atoms with Gasteiger partial charge in [0.15, 0.2) is 0 Å². The van der Waals surface area contributed by atoms with Crippen molar-refractivity contribution >= 4 is 5.97 Å². The third-order valence-electron chi connectivity index (χ3n) is 2.60. The molecule has 3 nitrogen and oxygen atoms in total. The molecule has 0 aliphatic heterocycles. The van der Waals surface area contributed by atoms with Crippen molar-refractivity contribution in [3.63, 3.8) is 0 Å². The zero-order valence-electron chi connectivity index (χ0n) is 10.8. The van der Waals surface area contributed by atoms with Gasteiger partial charge in [-0.3, -0.25) is 0 Å². The van der Waals surface area contributed by atoms with Gasteiger partial charge in [0.05, 0.1) is 19.1 Å². The van der Waals surface area contributed by atoms with E-state index in [1.807, 2.05) is 0 Å². The molecule has 0 heterocycles. The van der Waals surface area contributed by atoms with Crippen LogP contribution in [0.5, 0.6) is 0 Å². The molecule has 106 valence electrons. The first kappa shape index (κ1) is 15.5. The summed E-state index contributed by atoms with van der Waals surface area (Å²) < 4.78 is 40.7. The second kappa shape index (κ2) is 6.56. The Morgan fingerprint density at radius 2 is 1.84 bits per heavy atom. The van der Waals surface area contributed by atoms with Crippen molar-refractivity contribution in [1.29, 1.82) is 0 Å². The minimum Gasteiger partial charge on any atom is -0.465 e. The van der Waals surface area contributed by atoms with Crippen LogP contribution in [0.15, 0.2) is 24.3 Å². The zero-order valence-corrected chi connectivity index (χ0v) is 10.8. The van der Waals surface area contributed by atoms with Crippen LogP contribution in [0.4, 0.5) is 13.2 Å². The highest BCUT2D eigenvalue weighted by atomic mass is 19.4. The fourth-order valence-electron chi connectivity index (χ4n) is 1.57. The number of carbonyl (C=O) groups excluding carboxylic acids is 1. The van der Waals surface area contributed by atoms with Crippen LogP contribution in [0.2, 0.25) is 0 Å². The molecular weight excluding hydrogens is 259 g/mol. The lowest BCUT2D eigenvalue weighted by molar-refractivity contribution is -0.137. The van der Waals surface area contributed by atoms with E-state index < -0.39 is 18.6 Å². The number of benzene rings is 1. The number of ether oxygens (including phenoxy) is 1. The molecule has 0 N–H and O–H groups in total. The molecule has 1 aromatic carbocycles. The number of alkyl halides is 3. The number of carbonyl (C=O) groups is 1. The molecule has 1 rings (SSSR count). The minimum absolute atomic E-state index is 0.0533. The predicted molar refractivity (Wildman–Crippen MR) is 64.8 cm³/mol. The third kappa shape index (κ3) is 5.74. The predicted octanol–water partition coefficient (Wildman–Crippen LogP) is 2.86. The van der Waals surface area contributed by atoms with Crippen molar-refractivity contribution in [3.05, 3.63) is 35.4 Å². The standard InChI is InChI=1S/C13H16F3NO2/c1-17(8-7-13(14,15)16)9-10-3-5-11(6-4-10)12(18)19-2/h3-6H,7-9H2,1-2H3. The maximum Gasteiger partial charge on any atom is 0.390 e. The van der Waals surface area contributed by atoms with Gasteiger partial charge in [-0.25, -0.2) is 4.79 Å². The molecule has 6 heteroatoms. The SMILES string of the molecule is COC(=O)c1ccc(CN(C)CCC(F)(F)F)cc1. The van der Waals surface area contributed by atoms with Crippen LogP contribution in [0.25, 0.3) is 0 Å². The molecule has 0 aromatic heterocycles. The van der Waals surface area contributed by atoms with E-state index >= 15 is 0 Å². The monoisotopic (exact) mass is 275 g/mol. The average molecular weight is 275 g/mol. The molecule has 0 amide bonds. The Morgan fingerprint density at radius 1 is 1.26 bits per heavy atom. The van der Waals surface area contributed by atoms with Crippen LogP contribution in [-0.2, 0) is 11.3 Å². The largest absolute Gasteiger partial charge is 0.465 e. The summed E-state index contributed by atoms with van der Waals surface area (Å²) in [7, 11) is 2.92. The number of halogens is 3. The Labute approximate surface area is 110 Å². The van der Waals surface area contributed by atoms with Gasteiger partial charge >= 0.3 is 12.1 Å². The van der Waals surface area contributed by atoms with Gasteiger partial charge in [0.1, 0.15) is 0 Å². The smallest absolute Gasteiger partial charge is 0.390 e. The molecule has 0 bridgehead atoms. The normalized spacial score (nSPS) is 11.7. The average Bonchev–Trinajstić information content (AvgIpc) is 2.35. The van der Waals surface area contributed by atoms with Crippen molar-refractivity contribution in [2.24, 2.45) is 0 Å². The highest BCUT2D eigenvalue weighted by Gasteiger charge is 2.26. The number of esters is 1. The maximum atomic E-state index is 12.1. The summed E-state index contributed by atoms with van der Waals surface area (Å²) in [6.45, 7) is 0.347. The lowest BCUT2D eigenvalue weighted by Crippen LogP contribution is -2.24. The maximum absolute atomic E-state index is 12.1. The van der Waals surface area contributed by atoms with E-state index in [1.165, 1.54) is 7.11 Å². The summed E-state index contributed by atoms with van der Waals surface area (Å²) in [6, 6.07) is 6.60. The first-order chi connectivity index (χ1) is 8.81. The van der Waals surface area contributed by atoms with E-state index in [1.54, 1.807) is 36.2 Å². The zero-order chi connectivity index (χ0) is 14.5. The van der Waals surface area contributed by atoms with Crippen LogP contribution in [-0.4, -0.2) is 37.7 Å². The lowest BCUT2D eigenvalue weighted by Gasteiger charge is -2.17. The number of hydrogen-bond acceptors (Lipinski definition) is 3. The summed E-state index contributed by atoms with van der Waals surface area (Å²) in [5, 5.41) is 0.